The topological polar surface area (TPSA) is 74.8 Å². The first-order chi connectivity index (χ1) is 12.3. The average molecular weight is 485 g/mol. The molecule has 3 aromatic rings. The summed E-state index contributed by atoms with van der Waals surface area (Å²) in [6.07, 6.45) is 4.49. The SMILES string of the molecule is CC(C)(C)OC(=O)Cn1nc(I)c2sc(Cn3cc(C4CC4)nn3)cc21. The zero-order valence-electron chi connectivity index (χ0n) is 14.9. The number of hydrogen-bond donors (Lipinski definition) is 0. The predicted octanol–water partition coefficient (Wildman–Crippen LogP) is 3.56. The molecule has 0 aromatic carbocycles. The molecule has 0 spiro atoms. The molecule has 0 unspecified atom stereocenters. The van der Waals surface area contributed by atoms with Crippen molar-refractivity contribution in [3.05, 3.63) is 26.5 Å². The fraction of sp³-hybridized carbons (Fsp3) is 0.529. The summed E-state index contributed by atoms with van der Waals surface area (Å²) in [7, 11) is 0. The number of ether oxygens (including phenoxy) is 1. The van der Waals surface area contributed by atoms with Crippen molar-refractivity contribution in [2.75, 3.05) is 0 Å². The van der Waals surface area contributed by atoms with E-state index in [-0.39, 0.29) is 12.5 Å². The van der Waals surface area contributed by atoms with Crippen molar-refractivity contribution < 1.29 is 9.53 Å². The lowest BCUT2D eigenvalue weighted by Crippen LogP contribution is -2.26. The van der Waals surface area contributed by atoms with Gasteiger partial charge in [-0.25, -0.2) is 4.68 Å². The van der Waals surface area contributed by atoms with Gasteiger partial charge in [0, 0.05) is 17.0 Å². The van der Waals surface area contributed by atoms with Gasteiger partial charge in [-0.05, 0) is 62.3 Å². The van der Waals surface area contributed by atoms with Gasteiger partial charge in [-0.3, -0.25) is 9.48 Å². The second kappa shape index (κ2) is 6.59. The van der Waals surface area contributed by atoms with E-state index < -0.39 is 5.60 Å². The standard InChI is InChI=1S/C17H20IN5O2S/c1-17(2,3)25-14(24)9-23-13-6-11(26-15(13)16(18)20-23)7-22-8-12(19-21-22)10-4-5-10/h6,8,10H,4-5,7,9H2,1-3H3. The van der Waals surface area contributed by atoms with E-state index in [0.29, 0.717) is 12.5 Å². The number of rotatable bonds is 5. The van der Waals surface area contributed by atoms with Crippen LogP contribution in [0.5, 0.6) is 0 Å². The number of thiophene rings is 1. The van der Waals surface area contributed by atoms with E-state index in [2.05, 4.69) is 44.1 Å². The van der Waals surface area contributed by atoms with Crippen LogP contribution in [0.1, 0.15) is 50.1 Å². The largest absolute Gasteiger partial charge is 0.459 e. The molecule has 3 heterocycles. The van der Waals surface area contributed by atoms with Crippen LogP contribution < -0.4 is 0 Å². The van der Waals surface area contributed by atoms with Gasteiger partial charge in [0.15, 0.2) is 0 Å². The van der Waals surface area contributed by atoms with Crippen molar-refractivity contribution in [2.24, 2.45) is 0 Å². The van der Waals surface area contributed by atoms with Gasteiger partial charge in [0.05, 0.1) is 22.5 Å². The van der Waals surface area contributed by atoms with E-state index in [1.54, 1.807) is 16.0 Å². The summed E-state index contributed by atoms with van der Waals surface area (Å²) in [5, 5.41) is 13.0. The summed E-state index contributed by atoms with van der Waals surface area (Å²) in [5.41, 5.74) is 1.56. The summed E-state index contributed by atoms with van der Waals surface area (Å²) in [4.78, 5) is 13.3. The minimum atomic E-state index is -0.497. The summed E-state index contributed by atoms with van der Waals surface area (Å²) in [6, 6.07) is 2.08. The molecule has 0 atom stereocenters. The number of aromatic nitrogens is 5. The molecule has 138 valence electrons. The quantitative estimate of drug-likeness (QED) is 0.408. The third kappa shape index (κ3) is 3.93. The molecular weight excluding hydrogens is 465 g/mol. The number of nitrogens with zero attached hydrogens (tertiary/aromatic N) is 5. The zero-order chi connectivity index (χ0) is 18.5. The minimum absolute atomic E-state index is 0.113. The lowest BCUT2D eigenvalue weighted by molar-refractivity contribution is -0.155. The van der Waals surface area contributed by atoms with Gasteiger partial charge in [-0.2, -0.15) is 5.10 Å². The van der Waals surface area contributed by atoms with Crippen LogP contribution in [0.3, 0.4) is 0 Å². The van der Waals surface area contributed by atoms with Gasteiger partial charge < -0.3 is 4.74 Å². The van der Waals surface area contributed by atoms with Crippen molar-refractivity contribution in [1.29, 1.82) is 0 Å². The Morgan fingerprint density at radius 3 is 2.88 bits per heavy atom. The van der Waals surface area contributed by atoms with Crippen LogP contribution in [0, 0.1) is 3.70 Å². The Kier molecular flexibility index (Phi) is 4.54. The molecule has 1 aliphatic carbocycles. The summed E-state index contributed by atoms with van der Waals surface area (Å²) < 4.78 is 11.0. The highest BCUT2D eigenvalue weighted by Gasteiger charge is 2.26. The zero-order valence-corrected chi connectivity index (χ0v) is 17.9. The number of fused-ring (bicyclic) bond motifs is 1. The van der Waals surface area contributed by atoms with Gasteiger partial charge >= 0.3 is 5.97 Å². The molecule has 26 heavy (non-hydrogen) atoms. The van der Waals surface area contributed by atoms with Gasteiger partial charge in [0.25, 0.3) is 0 Å². The molecule has 1 aliphatic rings. The number of hydrogen-bond acceptors (Lipinski definition) is 6. The highest BCUT2D eigenvalue weighted by Crippen LogP contribution is 2.38. The normalized spacial score (nSPS) is 14.9. The van der Waals surface area contributed by atoms with Crippen molar-refractivity contribution in [2.45, 2.75) is 58.2 Å². The Morgan fingerprint density at radius 1 is 1.42 bits per heavy atom. The number of halogens is 1. The molecule has 0 N–H and O–H groups in total. The first kappa shape index (κ1) is 17.9. The van der Waals surface area contributed by atoms with Crippen LogP contribution in [-0.2, 0) is 22.6 Å². The van der Waals surface area contributed by atoms with Crippen molar-refractivity contribution in [3.63, 3.8) is 0 Å². The van der Waals surface area contributed by atoms with Crippen LogP contribution in [0.4, 0.5) is 0 Å². The van der Waals surface area contributed by atoms with Crippen LogP contribution in [0.25, 0.3) is 10.2 Å². The molecule has 0 aliphatic heterocycles. The maximum atomic E-state index is 12.1. The molecule has 0 bridgehead atoms. The molecule has 4 rings (SSSR count). The molecule has 0 saturated heterocycles. The van der Waals surface area contributed by atoms with E-state index in [0.717, 1.165) is 19.6 Å². The summed E-state index contributed by atoms with van der Waals surface area (Å²) in [5.74, 6) is 0.325. The van der Waals surface area contributed by atoms with Gasteiger partial charge in [-0.1, -0.05) is 5.21 Å². The highest BCUT2D eigenvalue weighted by atomic mass is 127. The van der Waals surface area contributed by atoms with Gasteiger partial charge in [0.2, 0.25) is 0 Å². The molecular formula is C17H20IN5O2S. The van der Waals surface area contributed by atoms with Crippen molar-refractivity contribution in [3.8, 4) is 0 Å². The molecule has 3 aromatic heterocycles. The molecule has 0 radical (unpaired) electrons. The molecule has 0 amide bonds. The van der Waals surface area contributed by atoms with Crippen molar-refractivity contribution in [1.82, 2.24) is 24.8 Å². The maximum absolute atomic E-state index is 12.1. The number of esters is 1. The van der Waals surface area contributed by atoms with Crippen LogP contribution in [0.2, 0.25) is 0 Å². The molecule has 1 saturated carbocycles. The second-order valence-corrected chi connectivity index (χ2v) is 9.74. The number of carbonyl (C=O) groups is 1. The Morgan fingerprint density at radius 2 is 2.19 bits per heavy atom. The average Bonchev–Trinajstić information content (AvgIpc) is 3.01. The lowest BCUT2D eigenvalue weighted by atomic mass is 10.2. The third-order valence-electron chi connectivity index (χ3n) is 4.01. The smallest absolute Gasteiger partial charge is 0.328 e. The van der Waals surface area contributed by atoms with E-state index in [9.17, 15) is 4.79 Å². The van der Waals surface area contributed by atoms with Crippen LogP contribution in [0.15, 0.2) is 12.3 Å². The second-order valence-electron chi connectivity index (χ2n) is 7.58. The van der Waals surface area contributed by atoms with Crippen LogP contribution in [-0.4, -0.2) is 36.3 Å². The van der Waals surface area contributed by atoms with E-state index in [1.165, 1.54) is 17.7 Å². The highest BCUT2D eigenvalue weighted by molar-refractivity contribution is 14.1. The first-order valence-corrected chi connectivity index (χ1v) is 10.4. The Labute approximate surface area is 168 Å². The molecule has 7 nitrogen and oxygen atoms in total. The van der Waals surface area contributed by atoms with Crippen molar-refractivity contribution >= 4 is 50.1 Å². The Bertz CT molecular complexity index is 964. The Balaban J connectivity index is 1.53. The fourth-order valence-electron chi connectivity index (χ4n) is 2.79. The third-order valence-corrected chi connectivity index (χ3v) is 6.24. The minimum Gasteiger partial charge on any atom is -0.459 e. The van der Waals surface area contributed by atoms with Crippen LogP contribution >= 0.6 is 33.9 Å². The van der Waals surface area contributed by atoms with E-state index >= 15 is 0 Å². The van der Waals surface area contributed by atoms with Gasteiger partial charge in [-0.15, -0.1) is 16.4 Å². The summed E-state index contributed by atoms with van der Waals surface area (Å²) in [6.45, 7) is 6.39. The van der Waals surface area contributed by atoms with Gasteiger partial charge in [0.1, 0.15) is 15.8 Å². The fourth-order valence-corrected chi connectivity index (χ4v) is 4.68. The Hall–Kier alpha value is -1.49. The number of carbonyl (C=O) groups excluding carboxylic acids is 1. The first-order valence-electron chi connectivity index (χ1n) is 8.55. The van der Waals surface area contributed by atoms with E-state index in [1.807, 2.05) is 31.6 Å². The maximum Gasteiger partial charge on any atom is 0.328 e. The monoisotopic (exact) mass is 485 g/mol. The molecule has 9 heteroatoms. The predicted molar refractivity (Wildman–Crippen MR) is 107 cm³/mol. The summed E-state index contributed by atoms with van der Waals surface area (Å²) >= 11 is 3.89. The molecule has 1 fully saturated rings. The lowest BCUT2D eigenvalue weighted by Gasteiger charge is -2.19. The van der Waals surface area contributed by atoms with E-state index in [4.69, 9.17) is 4.74 Å².